The third-order valence-corrected chi connectivity index (χ3v) is 3.25. The van der Waals surface area contributed by atoms with E-state index in [0.29, 0.717) is 30.0 Å². The van der Waals surface area contributed by atoms with Gasteiger partial charge in [-0.3, -0.25) is 4.79 Å². The van der Waals surface area contributed by atoms with E-state index in [2.05, 4.69) is 20.3 Å². The summed E-state index contributed by atoms with van der Waals surface area (Å²) in [5.74, 6) is 1.48. The van der Waals surface area contributed by atoms with Crippen LogP contribution in [0, 0.1) is 5.92 Å². The first-order chi connectivity index (χ1) is 10.8. The van der Waals surface area contributed by atoms with Crippen LogP contribution in [0.4, 0.5) is 5.82 Å². The molecule has 0 radical (unpaired) electrons. The fourth-order valence-corrected chi connectivity index (χ4v) is 1.82. The summed E-state index contributed by atoms with van der Waals surface area (Å²) in [7, 11) is 1.51. The Morgan fingerprint density at radius 3 is 2.86 bits per heavy atom. The molecule has 1 N–H and O–H groups in total. The van der Waals surface area contributed by atoms with E-state index < -0.39 is 5.91 Å². The first-order valence-corrected chi connectivity index (χ1v) is 7.01. The maximum Gasteiger partial charge on any atom is 0.277 e. The fraction of sp³-hybridized carbons (Fsp3) is 0.333. The number of carbonyl (C=O) groups excluding carboxylic acids is 1. The Bertz CT molecular complexity index is 656. The summed E-state index contributed by atoms with van der Waals surface area (Å²) in [6, 6.07) is 3.43. The number of aromatic nitrogens is 3. The lowest BCUT2D eigenvalue weighted by Crippen LogP contribution is -2.15. The van der Waals surface area contributed by atoms with Crippen LogP contribution >= 0.6 is 0 Å². The number of amides is 1. The number of hydrogen-bond donors (Lipinski definition) is 1. The molecule has 0 unspecified atom stereocenters. The molecular formula is C15H16N4O3. The van der Waals surface area contributed by atoms with Crippen molar-refractivity contribution in [2.75, 3.05) is 19.0 Å². The lowest BCUT2D eigenvalue weighted by atomic mass is 10.4. The van der Waals surface area contributed by atoms with Gasteiger partial charge in [0.25, 0.3) is 5.91 Å². The van der Waals surface area contributed by atoms with Crippen LogP contribution in [0.5, 0.6) is 11.6 Å². The van der Waals surface area contributed by atoms with Gasteiger partial charge in [0.2, 0.25) is 5.88 Å². The predicted octanol–water partition coefficient (Wildman–Crippen LogP) is 1.92. The monoisotopic (exact) mass is 300 g/mol. The Kier molecular flexibility index (Phi) is 4.13. The number of methoxy groups -OCH3 is 1. The number of rotatable bonds is 6. The van der Waals surface area contributed by atoms with Gasteiger partial charge in [-0.2, -0.15) is 0 Å². The smallest absolute Gasteiger partial charge is 0.277 e. The topological polar surface area (TPSA) is 86.2 Å². The number of anilines is 1. The van der Waals surface area contributed by atoms with E-state index in [4.69, 9.17) is 9.47 Å². The highest BCUT2D eigenvalue weighted by atomic mass is 16.5. The molecule has 2 aromatic rings. The average molecular weight is 300 g/mol. The lowest BCUT2D eigenvalue weighted by molar-refractivity contribution is 0.102. The maximum absolute atomic E-state index is 12.1. The zero-order chi connectivity index (χ0) is 15.4. The van der Waals surface area contributed by atoms with Crippen molar-refractivity contribution >= 4 is 11.7 Å². The van der Waals surface area contributed by atoms with Crippen molar-refractivity contribution in [2.45, 2.75) is 12.8 Å². The van der Waals surface area contributed by atoms with Crippen LogP contribution in [0.2, 0.25) is 0 Å². The molecule has 0 aliphatic heterocycles. The molecule has 0 aromatic carbocycles. The van der Waals surface area contributed by atoms with Crippen molar-refractivity contribution < 1.29 is 14.3 Å². The van der Waals surface area contributed by atoms with Crippen molar-refractivity contribution in [3.05, 3.63) is 36.4 Å². The van der Waals surface area contributed by atoms with Crippen molar-refractivity contribution in [3.8, 4) is 11.6 Å². The molecule has 0 atom stereocenters. The highest BCUT2D eigenvalue weighted by Crippen LogP contribution is 2.29. The first-order valence-electron chi connectivity index (χ1n) is 7.01. The minimum absolute atomic E-state index is 0.187. The van der Waals surface area contributed by atoms with Gasteiger partial charge in [-0.05, 0) is 30.9 Å². The molecule has 0 spiro atoms. The minimum Gasteiger partial charge on any atom is -0.493 e. The van der Waals surface area contributed by atoms with E-state index in [1.807, 2.05) is 0 Å². The standard InChI is InChI=1S/C15H16N4O3/c1-21-12-3-2-6-16-14(12)19-15(20)11-7-18-13(8-17-11)22-9-10-4-5-10/h2-3,6-8,10H,4-5,9H2,1H3,(H,16,19,20). The molecule has 7 nitrogen and oxygen atoms in total. The molecule has 7 heteroatoms. The maximum atomic E-state index is 12.1. The zero-order valence-corrected chi connectivity index (χ0v) is 12.2. The summed E-state index contributed by atoms with van der Waals surface area (Å²) in [5, 5.41) is 2.64. The first kappa shape index (κ1) is 14.2. The minimum atomic E-state index is -0.404. The SMILES string of the molecule is COc1cccnc1NC(=O)c1cnc(OCC2CC2)cn1. The van der Waals surface area contributed by atoms with E-state index in [9.17, 15) is 4.79 Å². The Hall–Kier alpha value is -2.70. The van der Waals surface area contributed by atoms with Crippen LogP contribution in [-0.2, 0) is 0 Å². The highest BCUT2D eigenvalue weighted by Gasteiger charge is 2.22. The van der Waals surface area contributed by atoms with Crippen molar-refractivity contribution in [1.82, 2.24) is 15.0 Å². The molecule has 1 fully saturated rings. The second-order valence-corrected chi connectivity index (χ2v) is 5.00. The zero-order valence-electron chi connectivity index (χ0n) is 12.2. The Morgan fingerprint density at radius 2 is 2.18 bits per heavy atom. The van der Waals surface area contributed by atoms with Gasteiger partial charge in [-0.15, -0.1) is 0 Å². The van der Waals surface area contributed by atoms with Gasteiger partial charge < -0.3 is 14.8 Å². The van der Waals surface area contributed by atoms with Crippen LogP contribution < -0.4 is 14.8 Å². The molecule has 2 aromatic heterocycles. The van der Waals surface area contributed by atoms with Crippen LogP contribution in [0.1, 0.15) is 23.3 Å². The summed E-state index contributed by atoms with van der Waals surface area (Å²) >= 11 is 0. The van der Waals surface area contributed by atoms with Gasteiger partial charge in [0.15, 0.2) is 11.6 Å². The Balaban J connectivity index is 1.63. The summed E-state index contributed by atoms with van der Waals surface area (Å²) in [6.45, 7) is 0.658. The number of nitrogens with zero attached hydrogens (tertiary/aromatic N) is 3. The largest absolute Gasteiger partial charge is 0.493 e. The van der Waals surface area contributed by atoms with Crippen LogP contribution in [-0.4, -0.2) is 34.6 Å². The predicted molar refractivity (Wildman–Crippen MR) is 79.0 cm³/mol. The Morgan fingerprint density at radius 1 is 1.32 bits per heavy atom. The van der Waals surface area contributed by atoms with Crippen LogP contribution in [0.25, 0.3) is 0 Å². The molecular weight excluding hydrogens is 284 g/mol. The summed E-state index contributed by atoms with van der Waals surface area (Å²) in [6.07, 6.45) is 6.82. The molecule has 1 aliphatic rings. The second-order valence-electron chi connectivity index (χ2n) is 5.00. The van der Waals surface area contributed by atoms with Crippen molar-refractivity contribution in [2.24, 2.45) is 5.92 Å². The number of carbonyl (C=O) groups is 1. The third-order valence-electron chi connectivity index (χ3n) is 3.25. The highest BCUT2D eigenvalue weighted by molar-refractivity contribution is 6.02. The fourth-order valence-electron chi connectivity index (χ4n) is 1.82. The molecule has 0 saturated heterocycles. The van der Waals surface area contributed by atoms with Crippen LogP contribution in [0.3, 0.4) is 0 Å². The van der Waals surface area contributed by atoms with Gasteiger partial charge in [-0.25, -0.2) is 15.0 Å². The van der Waals surface area contributed by atoms with E-state index in [-0.39, 0.29) is 5.69 Å². The molecule has 22 heavy (non-hydrogen) atoms. The Labute approximate surface area is 127 Å². The molecule has 1 amide bonds. The summed E-state index contributed by atoms with van der Waals surface area (Å²) < 4.78 is 10.6. The normalized spacial score (nSPS) is 13.5. The van der Waals surface area contributed by atoms with E-state index in [1.54, 1.807) is 18.3 Å². The van der Waals surface area contributed by atoms with E-state index >= 15 is 0 Å². The molecule has 2 heterocycles. The van der Waals surface area contributed by atoms with Gasteiger partial charge >= 0.3 is 0 Å². The molecule has 1 aliphatic carbocycles. The van der Waals surface area contributed by atoms with Crippen LogP contribution in [0.15, 0.2) is 30.7 Å². The second kappa shape index (κ2) is 6.38. The lowest BCUT2D eigenvalue weighted by Gasteiger charge is -2.08. The molecule has 3 rings (SSSR count). The molecule has 1 saturated carbocycles. The number of ether oxygens (including phenoxy) is 2. The summed E-state index contributed by atoms with van der Waals surface area (Å²) in [5.41, 5.74) is 0.187. The average Bonchev–Trinajstić information content (AvgIpc) is 3.38. The number of hydrogen-bond acceptors (Lipinski definition) is 6. The van der Waals surface area contributed by atoms with Gasteiger partial charge in [0.05, 0.1) is 26.1 Å². The van der Waals surface area contributed by atoms with Crippen molar-refractivity contribution in [1.29, 1.82) is 0 Å². The third kappa shape index (κ3) is 3.49. The van der Waals surface area contributed by atoms with Gasteiger partial charge in [0, 0.05) is 6.20 Å². The quantitative estimate of drug-likeness (QED) is 0.877. The van der Waals surface area contributed by atoms with Gasteiger partial charge in [-0.1, -0.05) is 0 Å². The number of nitrogens with one attached hydrogen (secondary N) is 1. The van der Waals surface area contributed by atoms with Crippen molar-refractivity contribution in [3.63, 3.8) is 0 Å². The van der Waals surface area contributed by atoms with E-state index in [1.165, 1.54) is 32.3 Å². The summed E-state index contributed by atoms with van der Waals surface area (Å²) in [4.78, 5) is 24.3. The van der Waals surface area contributed by atoms with Gasteiger partial charge in [0.1, 0.15) is 5.69 Å². The molecule has 0 bridgehead atoms. The number of pyridine rings is 1. The molecule has 114 valence electrons. The van der Waals surface area contributed by atoms with E-state index in [0.717, 1.165) is 0 Å².